The lowest BCUT2D eigenvalue weighted by atomic mass is 9.93. The maximum Gasteiger partial charge on any atom is 0.117 e. The second kappa shape index (κ2) is 15.9. The van der Waals surface area contributed by atoms with Crippen LogP contribution >= 0.6 is 0 Å². The average Bonchev–Trinajstić information content (AvgIpc) is 3.32. The maximum absolute atomic E-state index is 5.43. The molecule has 5 heteroatoms. The Bertz CT molecular complexity index is 565. The smallest absolute Gasteiger partial charge is 0.117 e. The van der Waals surface area contributed by atoms with Crippen LogP contribution in [0.5, 0.6) is 0 Å². The third-order valence-electron chi connectivity index (χ3n) is 7.40. The molecule has 1 aromatic heterocycles. The molecule has 192 valence electrons. The van der Waals surface area contributed by atoms with Gasteiger partial charge in [-0.15, -0.1) is 0 Å². The van der Waals surface area contributed by atoms with Gasteiger partial charge in [0.1, 0.15) is 5.76 Å². The van der Waals surface area contributed by atoms with E-state index >= 15 is 0 Å². The minimum absolute atomic E-state index is 0.136. The highest BCUT2D eigenvalue weighted by molar-refractivity contribution is 4.98. The van der Waals surface area contributed by atoms with Crippen LogP contribution in [-0.2, 0) is 6.54 Å². The normalized spacial score (nSPS) is 22.0. The first-order valence-electron chi connectivity index (χ1n) is 13.9. The van der Waals surface area contributed by atoms with Gasteiger partial charge in [-0.25, -0.2) is 0 Å². The lowest BCUT2D eigenvalue weighted by Gasteiger charge is -2.48. The molecule has 2 N–H and O–H groups in total. The zero-order valence-electron chi connectivity index (χ0n) is 22.5. The third-order valence-corrected chi connectivity index (χ3v) is 7.40. The average molecular weight is 463 g/mol. The van der Waals surface area contributed by atoms with Crippen molar-refractivity contribution >= 4 is 0 Å². The van der Waals surface area contributed by atoms with Crippen LogP contribution < -0.4 is 10.6 Å². The molecular formula is C28H54N4O. The molecule has 0 spiro atoms. The summed E-state index contributed by atoms with van der Waals surface area (Å²) in [4.78, 5) is 5.51. The molecule has 0 amide bonds. The minimum atomic E-state index is 0.136. The monoisotopic (exact) mass is 462 g/mol. The van der Waals surface area contributed by atoms with Crippen LogP contribution in [0.3, 0.4) is 0 Å². The predicted molar refractivity (Wildman–Crippen MR) is 141 cm³/mol. The van der Waals surface area contributed by atoms with Crippen LogP contribution in [0.1, 0.15) is 91.7 Å². The van der Waals surface area contributed by atoms with Crippen LogP contribution in [0, 0.1) is 11.8 Å². The summed E-state index contributed by atoms with van der Waals surface area (Å²) in [5.74, 6) is 2.66. The number of hydrogen-bond donors (Lipinski definition) is 2. The summed E-state index contributed by atoms with van der Waals surface area (Å²) in [6.07, 6.45) is 12.4. The van der Waals surface area contributed by atoms with Crippen molar-refractivity contribution in [2.24, 2.45) is 11.8 Å². The van der Waals surface area contributed by atoms with Crippen molar-refractivity contribution in [3.05, 3.63) is 24.2 Å². The Morgan fingerprint density at radius 3 is 2.03 bits per heavy atom. The van der Waals surface area contributed by atoms with Gasteiger partial charge < -0.3 is 15.1 Å². The van der Waals surface area contributed by atoms with E-state index in [0.717, 1.165) is 57.0 Å². The van der Waals surface area contributed by atoms with Gasteiger partial charge in [-0.3, -0.25) is 9.80 Å². The highest BCUT2D eigenvalue weighted by Crippen LogP contribution is 2.23. The van der Waals surface area contributed by atoms with E-state index in [0.29, 0.717) is 0 Å². The van der Waals surface area contributed by atoms with Gasteiger partial charge in [0, 0.05) is 44.8 Å². The highest BCUT2D eigenvalue weighted by Gasteiger charge is 2.35. The molecule has 2 rings (SSSR count). The van der Waals surface area contributed by atoms with Crippen molar-refractivity contribution < 1.29 is 4.42 Å². The van der Waals surface area contributed by atoms with E-state index in [-0.39, 0.29) is 5.54 Å². The molecule has 1 aliphatic rings. The molecule has 0 saturated carbocycles. The fourth-order valence-corrected chi connectivity index (χ4v) is 5.42. The second-order valence-electron chi connectivity index (χ2n) is 10.7. The number of hydrogen-bond acceptors (Lipinski definition) is 5. The summed E-state index contributed by atoms with van der Waals surface area (Å²) in [6, 6.07) is 3.99. The zero-order valence-corrected chi connectivity index (χ0v) is 22.5. The Labute approximate surface area is 205 Å². The highest BCUT2D eigenvalue weighted by atomic mass is 16.3. The van der Waals surface area contributed by atoms with Crippen molar-refractivity contribution in [1.82, 2.24) is 20.4 Å². The van der Waals surface area contributed by atoms with E-state index in [2.05, 4.69) is 55.1 Å². The van der Waals surface area contributed by atoms with Gasteiger partial charge in [-0.1, -0.05) is 66.2 Å². The summed E-state index contributed by atoms with van der Waals surface area (Å²) in [6.45, 7) is 20.5. The van der Waals surface area contributed by atoms with Crippen molar-refractivity contribution in [3.8, 4) is 0 Å². The lowest BCUT2D eigenvalue weighted by Crippen LogP contribution is -2.65. The van der Waals surface area contributed by atoms with Crippen molar-refractivity contribution in [2.75, 3.05) is 45.9 Å². The molecule has 0 radical (unpaired) electrons. The molecule has 1 fully saturated rings. The molecule has 2 heterocycles. The molecule has 0 aliphatic carbocycles. The molecule has 33 heavy (non-hydrogen) atoms. The minimum Gasteiger partial charge on any atom is -0.468 e. The summed E-state index contributed by atoms with van der Waals surface area (Å²) < 4.78 is 5.43. The Morgan fingerprint density at radius 1 is 0.939 bits per heavy atom. The van der Waals surface area contributed by atoms with E-state index in [1.165, 1.54) is 64.5 Å². The topological polar surface area (TPSA) is 43.7 Å². The first kappa shape index (κ1) is 28.4. The molecule has 0 bridgehead atoms. The summed E-state index contributed by atoms with van der Waals surface area (Å²) >= 11 is 0. The van der Waals surface area contributed by atoms with Gasteiger partial charge in [-0.2, -0.15) is 0 Å². The number of nitrogens with zero attached hydrogens (tertiary/aromatic N) is 2. The van der Waals surface area contributed by atoms with E-state index in [4.69, 9.17) is 4.42 Å². The van der Waals surface area contributed by atoms with Gasteiger partial charge >= 0.3 is 0 Å². The third kappa shape index (κ3) is 10.9. The molecule has 1 aromatic rings. The van der Waals surface area contributed by atoms with Gasteiger partial charge in [0.15, 0.2) is 0 Å². The van der Waals surface area contributed by atoms with E-state index in [1.54, 1.807) is 6.26 Å². The van der Waals surface area contributed by atoms with Crippen molar-refractivity contribution in [3.63, 3.8) is 0 Å². The van der Waals surface area contributed by atoms with Crippen LogP contribution in [-0.4, -0.2) is 61.3 Å². The van der Waals surface area contributed by atoms with Crippen LogP contribution in [0.25, 0.3) is 0 Å². The Morgan fingerprint density at radius 2 is 1.55 bits per heavy atom. The molecule has 2 atom stereocenters. The molecular weight excluding hydrogens is 408 g/mol. The summed E-state index contributed by atoms with van der Waals surface area (Å²) in [5.41, 5.74) is 0.136. The predicted octanol–water partition coefficient (Wildman–Crippen LogP) is 5.73. The van der Waals surface area contributed by atoms with Crippen LogP contribution in [0.2, 0.25) is 0 Å². The quantitative estimate of drug-likeness (QED) is 0.273. The van der Waals surface area contributed by atoms with E-state index in [9.17, 15) is 0 Å². The molecule has 2 unspecified atom stereocenters. The van der Waals surface area contributed by atoms with E-state index < -0.39 is 0 Å². The SMILES string of the molecule is CCCCC(CC)CN1CN(CC(CC)CCCC)CC(C)(NCCNCc2ccco2)C1. The number of unbranched alkanes of at least 4 members (excludes halogenated alkanes) is 2. The fourth-order valence-electron chi connectivity index (χ4n) is 5.42. The Balaban J connectivity index is 1.93. The molecule has 1 saturated heterocycles. The Hall–Kier alpha value is -0.880. The maximum atomic E-state index is 5.43. The first-order valence-corrected chi connectivity index (χ1v) is 13.9. The van der Waals surface area contributed by atoms with E-state index in [1.807, 2.05) is 12.1 Å². The van der Waals surface area contributed by atoms with Crippen molar-refractivity contribution in [1.29, 1.82) is 0 Å². The number of rotatable bonds is 18. The first-order chi connectivity index (χ1) is 16.0. The van der Waals surface area contributed by atoms with Crippen LogP contribution in [0.15, 0.2) is 22.8 Å². The van der Waals surface area contributed by atoms with Gasteiger partial charge in [0.2, 0.25) is 0 Å². The standard InChI is InChI=1S/C28H54N4O/c1-6-10-13-25(8-3)20-31-22-28(5,30-17-16-29-19-27-15-12-18-33-27)23-32(24-31)21-26(9-4)14-11-7-2/h12,15,18,25-26,29-30H,6-11,13-14,16-17,19-24H2,1-5H3. The number of nitrogens with one attached hydrogen (secondary N) is 2. The van der Waals surface area contributed by atoms with Gasteiger partial charge in [0.05, 0.1) is 19.5 Å². The molecule has 5 nitrogen and oxygen atoms in total. The number of furan rings is 1. The molecule has 1 aliphatic heterocycles. The largest absolute Gasteiger partial charge is 0.468 e. The second-order valence-corrected chi connectivity index (χ2v) is 10.7. The van der Waals surface area contributed by atoms with Crippen molar-refractivity contribution in [2.45, 2.75) is 98.1 Å². The summed E-state index contributed by atoms with van der Waals surface area (Å²) in [7, 11) is 0. The Kier molecular flexibility index (Phi) is 13.7. The van der Waals surface area contributed by atoms with Gasteiger partial charge in [0.25, 0.3) is 0 Å². The lowest BCUT2D eigenvalue weighted by molar-refractivity contribution is 0.00518. The fraction of sp³-hybridized carbons (Fsp3) is 0.857. The zero-order chi connectivity index (χ0) is 23.9. The van der Waals surface area contributed by atoms with Gasteiger partial charge in [-0.05, 0) is 43.7 Å². The summed E-state index contributed by atoms with van der Waals surface area (Å²) in [5, 5.41) is 7.44. The van der Waals surface area contributed by atoms with Crippen LogP contribution in [0.4, 0.5) is 0 Å². The molecule has 0 aromatic carbocycles.